The van der Waals surface area contributed by atoms with E-state index in [9.17, 15) is 0 Å². The van der Waals surface area contributed by atoms with E-state index in [0.29, 0.717) is 13.2 Å². The fourth-order valence-electron chi connectivity index (χ4n) is 1.07. The summed E-state index contributed by atoms with van der Waals surface area (Å²) >= 11 is 8.49. The molecule has 0 aliphatic heterocycles. The van der Waals surface area contributed by atoms with E-state index in [1.807, 2.05) is 38.1 Å². The normalized spacial score (nSPS) is 14.2. The van der Waals surface area contributed by atoms with Crippen LogP contribution in [0.25, 0.3) is 0 Å². The molecule has 2 nitrogen and oxygen atoms in total. The molecule has 0 fully saturated rings. The van der Waals surface area contributed by atoms with Crippen LogP contribution in [0.1, 0.15) is 13.8 Å². The molecule has 0 aliphatic rings. The van der Waals surface area contributed by atoms with Crippen molar-refractivity contribution >= 4 is 25.3 Å². The standard InChI is InChI=1S/C12H18O2S2/c1-9(15)7-13-11-3-5-12(6-4-11)14-8-10(2)16/h3-6,9-10,15-16H,7-8H2,1-2H3. The summed E-state index contributed by atoms with van der Waals surface area (Å²) in [7, 11) is 0. The van der Waals surface area contributed by atoms with Crippen molar-refractivity contribution in [2.45, 2.75) is 24.3 Å². The molecule has 1 rings (SSSR count). The first-order valence-electron chi connectivity index (χ1n) is 5.29. The van der Waals surface area contributed by atoms with E-state index < -0.39 is 0 Å². The number of ether oxygens (including phenoxy) is 2. The molecule has 0 bridgehead atoms. The molecule has 0 spiro atoms. The van der Waals surface area contributed by atoms with E-state index in [1.165, 1.54) is 0 Å². The molecule has 1 aromatic carbocycles. The quantitative estimate of drug-likeness (QED) is 0.764. The maximum Gasteiger partial charge on any atom is 0.119 e. The monoisotopic (exact) mass is 258 g/mol. The highest BCUT2D eigenvalue weighted by molar-refractivity contribution is 7.81. The average Bonchev–Trinajstić information content (AvgIpc) is 2.25. The van der Waals surface area contributed by atoms with Crippen LogP contribution in [0, 0.1) is 0 Å². The first-order chi connectivity index (χ1) is 7.58. The van der Waals surface area contributed by atoms with Gasteiger partial charge in [-0.25, -0.2) is 0 Å². The van der Waals surface area contributed by atoms with Gasteiger partial charge in [0.1, 0.15) is 11.5 Å². The first-order valence-corrected chi connectivity index (χ1v) is 6.33. The van der Waals surface area contributed by atoms with Gasteiger partial charge in [0.25, 0.3) is 0 Å². The molecule has 0 aliphatic carbocycles. The maximum absolute atomic E-state index is 5.50. The highest BCUT2D eigenvalue weighted by atomic mass is 32.1. The molecule has 16 heavy (non-hydrogen) atoms. The number of thiol groups is 2. The van der Waals surface area contributed by atoms with Crippen molar-refractivity contribution in [3.05, 3.63) is 24.3 Å². The van der Waals surface area contributed by atoms with Crippen LogP contribution in [-0.2, 0) is 0 Å². The van der Waals surface area contributed by atoms with Crippen LogP contribution in [0.5, 0.6) is 11.5 Å². The molecular weight excluding hydrogens is 240 g/mol. The summed E-state index contributed by atoms with van der Waals surface area (Å²) in [4.78, 5) is 0. The molecule has 90 valence electrons. The van der Waals surface area contributed by atoms with E-state index in [1.54, 1.807) is 0 Å². The molecular formula is C12H18O2S2. The third-order valence-corrected chi connectivity index (χ3v) is 2.10. The van der Waals surface area contributed by atoms with Gasteiger partial charge in [0.2, 0.25) is 0 Å². The SMILES string of the molecule is CC(S)COc1ccc(OCC(C)S)cc1. The molecule has 0 saturated carbocycles. The van der Waals surface area contributed by atoms with Crippen molar-refractivity contribution < 1.29 is 9.47 Å². The first kappa shape index (κ1) is 13.6. The fraction of sp³-hybridized carbons (Fsp3) is 0.500. The largest absolute Gasteiger partial charge is 0.492 e. The van der Waals surface area contributed by atoms with Crippen LogP contribution < -0.4 is 9.47 Å². The predicted octanol–water partition coefficient (Wildman–Crippen LogP) is 3.08. The van der Waals surface area contributed by atoms with Crippen LogP contribution in [0.4, 0.5) is 0 Å². The Morgan fingerprint density at radius 1 is 0.875 bits per heavy atom. The molecule has 2 atom stereocenters. The summed E-state index contributed by atoms with van der Waals surface area (Å²) in [5.74, 6) is 1.68. The topological polar surface area (TPSA) is 18.5 Å². The number of hydrogen-bond donors (Lipinski definition) is 2. The number of rotatable bonds is 6. The average molecular weight is 258 g/mol. The Kier molecular flexibility index (Phi) is 5.91. The minimum atomic E-state index is 0.237. The van der Waals surface area contributed by atoms with Gasteiger partial charge in [0.05, 0.1) is 13.2 Å². The minimum absolute atomic E-state index is 0.237. The molecule has 0 saturated heterocycles. The van der Waals surface area contributed by atoms with Gasteiger partial charge in [-0.2, -0.15) is 25.3 Å². The molecule has 2 unspecified atom stereocenters. The lowest BCUT2D eigenvalue weighted by Crippen LogP contribution is -2.08. The lowest BCUT2D eigenvalue weighted by atomic mass is 10.3. The summed E-state index contributed by atoms with van der Waals surface area (Å²) in [5.41, 5.74) is 0. The van der Waals surface area contributed by atoms with Crippen molar-refractivity contribution in [3.8, 4) is 11.5 Å². The van der Waals surface area contributed by atoms with Crippen LogP contribution in [0.2, 0.25) is 0 Å². The summed E-state index contributed by atoms with van der Waals surface area (Å²) in [6.07, 6.45) is 0. The van der Waals surface area contributed by atoms with E-state index in [0.717, 1.165) is 11.5 Å². The van der Waals surface area contributed by atoms with Gasteiger partial charge >= 0.3 is 0 Å². The van der Waals surface area contributed by atoms with Gasteiger partial charge in [0.15, 0.2) is 0 Å². The molecule has 1 aromatic rings. The van der Waals surface area contributed by atoms with E-state index in [4.69, 9.17) is 9.47 Å². The smallest absolute Gasteiger partial charge is 0.119 e. The Morgan fingerprint density at radius 3 is 1.44 bits per heavy atom. The third kappa shape index (κ3) is 5.56. The zero-order valence-electron chi connectivity index (χ0n) is 9.59. The maximum atomic E-state index is 5.50. The second-order valence-electron chi connectivity index (χ2n) is 3.79. The summed E-state index contributed by atoms with van der Waals surface area (Å²) in [6, 6.07) is 7.59. The van der Waals surface area contributed by atoms with Gasteiger partial charge in [-0.05, 0) is 24.3 Å². The van der Waals surface area contributed by atoms with E-state index >= 15 is 0 Å². The summed E-state index contributed by atoms with van der Waals surface area (Å²) in [6.45, 7) is 5.21. The second-order valence-corrected chi connectivity index (χ2v) is 5.55. The molecule has 0 N–H and O–H groups in total. The van der Waals surface area contributed by atoms with Crippen LogP contribution in [0.15, 0.2) is 24.3 Å². The zero-order chi connectivity index (χ0) is 12.0. The lowest BCUT2D eigenvalue weighted by Gasteiger charge is -2.10. The van der Waals surface area contributed by atoms with Crippen molar-refractivity contribution in [3.63, 3.8) is 0 Å². The number of benzene rings is 1. The highest BCUT2D eigenvalue weighted by Gasteiger charge is 2.00. The number of hydrogen-bond acceptors (Lipinski definition) is 4. The third-order valence-electron chi connectivity index (χ3n) is 1.81. The van der Waals surface area contributed by atoms with Crippen LogP contribution >= 0.6 is 25.3 Å². The molecule has 0 heterocycles. The van der Waals surface area contributed by atoms with E-state index in [2.05, 4.69) is 25.3 Å². The van der Waals surface area contributed by atoms with Crippen molar-refractivity contribution in [1.82, 2.24) is 0 Å². The van der Waals surface area contributed by atoms with E-state index in [-0.39, 0.29) is 10.5 Å². The lowest BCUT2D eigenvalue weighted by molar-refractivity contribution is 0.314. The van der Waals surface area contributed by atoms with Gasteiger partial charge < -0.3 is 9.47 Å². The van der Waals surface area contributed by atoms with Gasteiger partial charge in [-0.1, -0.05) is 13.8 Å². The van der Waals surface area contributed by atoms with Crippen molar-refractivity contribution in [1.29, 1.82) is 0 Å². The molecule has 4 heteroatoms. The molecule has 0 aromatic heterocycles. The van der Waals surface area contributed by atoms with Gasteiger partial charge in [-0.3, -0.25) is 0 Å². The zero-order valence-corrected chi connectivity index (χ0v) is 11.4. The molecule has 0 amide bonds. The predicted molar refractivity (Wildman–Crippen MR) is 74.3 cm³/mol. The fourth-order valence-corrected chi connectivity index (χ4v) is 1.21. The summed E-state index contributed by atoms with van der Waals surface area (Å²) < 4.78 is 11.0. The Bertz CT molecular complexity index is 265. The Hall–Kier alpha value is -0.480. The second kappa shape index (κ2) is 6.97. The minimum Gasteiger partial charge on any atom is -0.492 e. The Labute approximate surface area is 108 Å². The summed E-state index contributed by atoms with van der Waals surface area (Å²) in [5, 5.41) is 0.474. The van der Waals surface area contributed by atoms with Gasteiger partial charge in [-0.15, -0.1) is 0 Å². The van der Waals surface area contributed by atoms with Crippen molar-refractivity contribution in [2.24, 2.45) is 0 Å². The van der Waals surface area contributed by atoms with Crippen LogP contribution in [-0.4, -0.2) is 23.7 Å². The Balaban J connectivity index is 2.41. The van der Waals surface area contributed by atoms with Gasteiger partial charge in [0, 0.05) is 10.5 Å². The molecule has 0 radical (unpaired) electrons. The Morgan fingerprint density at radius 2 is 1.19 bits per heavy atom. The van der Waals surface area contributed by atoms with Crippen LogP contribution in [0.3, 0.4) is 0 Å². The highest BCUT2D eigenvalue weighted by Crippen LogP contribution is 2.18. The van der Waals surface area contributed by atoms with Crippen molar-refractivity contribution in [2.75, 3.05) is 13.2 Å².